The van der Waals surface area contributed by atoms with Crippen molar-refractivity contribution in [2.75, 3.05) is 32.5 Å². The van der Waals surface area contributed by atoms with E-state index in [1.807, 2.05) is 11.8 Å². The average molecular weight is 440 g/mol. The Morgan fingerprint density at radius 3 is 2.28 bits per heavy atom. The molecule has 1 N–H and O–H groups in total. The van der Waals surface area contributed by atoms with E-state index in [-0.39, 0.29) is 16.8 Å². The van der Waals surface area contributed by atoms with Gasteiger partial charge in [-0.1, -0.05) is 18.2 Å². The molecule has 29 heavy (non-hydrogen) atoms. The van der Waals surface area contributed by atoms with Crippen molar-refractivity contribution in [2.45, 2.75) is 56.4 Å². The molecule has 6 nitrogen and oxygen atoms in total. The lowest BCUT2D eigenvalue weighted by Crippen LogP contribution is -2.48. The van der Waals surface area contributed by atoms with Gasteiger partial charge in [-0.2, -0.15) is 0 Å². The van der Waals surface area contributed by atoms with Crippen LogP contribution in [-0.4, -0.2) is 62.6 Å². The van der Waals surface area contributed by atoms with Crippen LogP contribution in [0.15, 0.2) is 35.2 Å². The molecule has 2 heterocycles. The van der Waals surface area contributed by atoms with Crippen molar-refractivity contribution >= 4 is 25.2 Å². The van der Waals surface area contributed by atoms with E-state index >= 15 is 0 Å². The van der Waals surface area contributed by atoms with Crippen molar-refractivity contribution in [2.24, 2.45) is 5.41 Å². The van der Waals surface area contributed by atoms with Crippen molar-refractivity contribution in [3.63, 3.8) is 0 Å². The predicted molar refractivity (Wildman–Crippen MR) is 119 cm³/mol. The maximum atomic E-state index is 12.6. The summed E-state index contributed by atoms with van der Waals surface area (Å²) in [5.74, 6) is 0.146. The van der Waals surface area contributed by atoms with Crippen molar-refractivity contribution < 1.29 is 13.2 Å². The third-order valence-corrected chi connectivity index (χ3v) is 8.67. The van der Waals surface area contributed by atoms with E-state index in [1.165, 1.54) is 12.8 Å². The third kappa shape index (κ3) is 6.00. The summed E-state index contributed by atoms with van der Waals surface area (Å²) in [7, 11) is -0.729. The van der Waals surface area contributed by atoms with Gasteiger partial charge >= 0.3 is 0 Å². The van der Waals surface area contributed by atoms with E-state index < -0.39 is 10.0 Å². The number of amides is 1. The molecule has 1 aromatic rings. The van der Waals surface area contributed by atoms with Crippen LogP contribution in [0.3, 0.4) is 0 Å². The van der Waals surface area contributed by atoms with Gasteiger partial charge in [-0.05, 0) is 69.7 Å². The fourth-order valence-corrected chi connectivity index (χ4v) is 6.09. The number of carbonyl (C=O) groups excluding carboxylic acids is 1. The highest BCUT2D eigenvalue weighted by Crippen LogP contribution is 2.41. The Morgan fingerprint density at radius 2 is 1.69 bits per heavy atom. The van der Waals surface area contributed by atoms with E-state index in [0.29, 0.717) is 18.3 Å². The standard InChI is InChI=1S/C21H34N3O3PS/c1-18(22-29(26,27)19-5-3-2-4-6-19)7-8-20(25)24-15-11-21(12-16-24)9-13-23(17-28)14-10-21/h2-6,18,22H,7-17,28H2,1H3. The van der Waals surface area contributed by atoms with E-state index in [1.54, 1.807) is 30.3 Å². The molecule has 1 amide bonds. The van der Waals surface area contributed by atoms with E-state index in [0.717, 1.165) is 45.3 Å². The number of benzene rings is 1. The van der Waals surface area contributed by atoms with Gasteiger partial charge in [-0.15, -0.1) is 9.24 Å². The lowest BCUT2D eigenvalue weighted by atomic mass is 9.71. The highest BCUT2D eigenvalue weighted by atomic mass is 32.2. The summed E-state index contributed by atoms with van der Waals surface area (Å²) >= 11 is 0. The third-order valence-electron chi connectivity index (χ3n) is 6.55. The zero-order chi connectivity index (χ0) is 20.9. The molecule has 2 saturated heterocycles. The quantitative estimate of drug-likeness (QED) is 0.664. The number of hydrogen-bond donors (Lipinski definition) is 1. The van der Waals surface area contributed by atoms with Gasteiger partial charge in [-0.25, -0.2) is 13.1 Å². The van der Waals surface area contributed by atoms with Gasteiger partial charge < -0.3 is 4.90 Å². The number of nitrogens with one attached hydrogen (secondary N) is 1. The van der Waals surface area contributed by atoms with Crippen LogP contribution in [0.5, 0.6) is 0 Å². The molecule has 162 valence electrons. The largest absolute Gasteiger partial charge is 0.343 e. The van der Waals surface area contributed by atoms with Crippen LogP contribution in [0.25, 0.3) is 0 Å². The monoisotopic (exact) mass is 439 g/mol. The number of likely N-dealkylation sites (tertiary alicyclic amines) is 2. The lowest BCUT2D eigenvalue weighted by Gasteiger charge is -2.46. The molecule has 0 saturated carbocycles. The zero-order valence-electron chi connectivity index (χ0n) is 17.3. The Kier molecular flexibility index (Phi) is 7.71. The highest BCUT2D eigenvalue weighted by Gasteiger charge is 2.38. The Bertz CT molecular complexity index is 770. The second-order valence-corrected chi connectivity index (χ2v) is 10.6. The summed E-state index contributed by atoms with van der Waals surface area (Å²) in [5.41, 5.74) is 0.422. The highest BCUT2D eigenvalue weighted by molar-refractivity contribution is 7.89. The molecule has 2 fully saturated rings. The second-order valence-electron chi connectivity index (χ2n) is 8.56. The van der Waals surface area contributed by atoms with E-state index in [2.05, 4.69) is 18.9 Å². The number of rotatable bonds is 7. The smallest absolute Gasteiger partial charge is 0.240 e. The van der Waals surface area contributed by atoms with Crippen LogP contribution in [0.2, 0.25) is 0 Å². The molecule has 0 aliphatic carbocycles. The molecule has 0 bridgehead atoms. The zero-order valence-corrected chi connectivity index (χ0v) is 19.3. The summed E-state index contributed by atoms with van der Waals surface area (Å²) in [6.45, 7) is 5.82. The minimum atomic E-state index is -3.54. The Balaban J connectivity index is 1.42. The lowest BCUT2D eigenvalue weighted by molar-refractivity contribution is -0.134. The fraction of sp³-hybridized carbons (Fsp3) is 0.667. The maximum absolute atomic E-state index is 12.6. The normalized spacial score (nSPS) is 21.2. The topological polar surface area (TPSA) is 69.7 Å². The van der Waals surface area contributed by atoms with Crippen LogP contribution in [-0.2, 0) is 14.8 Å². The molecule has 2 aliphatic rings. The van der Waals surface area contributed by atoms with Gasteiger partial charge in [-0.3, -0.25) is 9.69 Å². The number of hydrogen-bond acceptors (Lipinski definition) is 4. The average Bonchev–Trinajstić information content (AvgIpc) is 2.73. The van der Waals surface area contributed by atoms with Gasteiger partial charge in [0.2, 0.25) is 15.9 Å². The van der Waals surface area contributed by atoms with Gasteiger partial charge in [0.1, 0.15) is 0 Å². The molecule has 0 radical (unpaired) electrons. The molecule has 2 atom stereocenters. The number of carbonyl (C=O) groups is 1. The second kappa shape index (κ2) is 9.86. The molecule has 2 unspecified atom stereocenters. The first-order valence-electron chi connectivity index (χ1n) is 10.6. The van der Waals surface area contributed by atoms with Crippen LogP contribution < -0.4 is 4.72 Å². The van der Waals surface area contributed by atoms with E-state index in [9.17, 15) is 13.2 Å². The van der Waals surface area contributed by atoms with Gasteiger partial charge in [0, 0.05) is 31.8 Å². The Labute approximate surface area is 177 Å². The van der Waals surface area contributed by atoms with Crippen molar-refractivity contribution in [1.82, 2.24) is 14.5 Å². The number of nitrogens with zero attached hydrogens (tertiary/aromatic N) is 2. The molecule has 1 spiro atoms. The molecular formula is C21H34N3O3PS. The van der Waals surface area contributed by atoms with Crippen LogP contribution >= 0.6 is 9.24 Å². The van der Waals surface area contributed by atoms with E-state index in [4.69, 9.17) is 0 Å². The molecule has 8 heteroatoms. The predicted octanol–water partition coefficient (Wildman–Crippen LogP) is 2.67. The first kappa shape index (κ1) is 22.7. The van der Waals surface area contributed by atoms with Gasteiger partial charge in [0.25, 0.3) is 0 Å². The Morgan fingerprint density at radius 1 is 1.10 bits per heavy atom. The first-order chi connectivity index (χ1) is 13.8. The summed E-state index contributed by atoms with van der Waals surface area (Å²) in [6, 6.07) is 8.07. The van der Waals surface area contributed by atoms with Gasteiger partial charge in [0.15, 0.2) is 0 Å². The fourth-order valence-electron chi connectivity index (χ4n) is 4.43. The summed E-state index contributed by atoms with van der Waals surface area (Å²) < 4.78 is 27.5. The minimum absolute atomic E-state index is 0.146. The number of sulfonamides is 1. The van der Waals surface area contributed by atoms with Gasteiger partial charge in [0.05, 0.1) is 4.90 Å². The summed E-state index contributed by atoms with van der Waals surface area (Å²) in [6.07, 6.45) is 6.61. The molecule has 0 aromatic heterocycles. The maximum Gasteiger partial charge on any atom is 0.240 e. The van der Waals surface area contributed by atoms with Crippen molar-refractivity contribution in [3.05, 3.63) is 30.3 Å². The molecule has 3 rings (SSSR count). The SMILES string of the molecule is CC(CCC(=O)N1CCC2(CCN(CP)CC2)CC1)NS(=O)(=O)c1ccccc1. The molecule has 1 aromatic carbocycles. The van der Waals surface area contributed by atoms with Crippen LogP contribution in [0, 0.1) is 5.41 Å². The van der Waals surface area contributed by atoms with Crippen molar-refractivity contribution in [1.29, 1.82) is 0 Å². The summed E-state index contributed by atoms with van der Waals surface area (Å²) in [5, 5.41) is 0. The van der Waals surface area contributed by atoms with Crippen molar-refractivity contribution in [3.8, 4) is 0 Å². The number of piperidine rings is 2. The Hall–Kier alpha value is -1.01. The first-order valence-corrected chi connectivity index (χ1v) is 12.9. The summed E-state index contributed by atoms with van der Waals surface area (Å²) in [4.78, 5) is 17.4. The van der Waals surface area contributed by atoms with Crippen LogP contribution in [0.4, 0.5) is 0 Å². The van der Waals surface area contributed by atoms with Crippen LogP contribution in [0.1, 0.15) is 45.4 Å². The minimum Gasteiger partial charge on any atom is -0.343 e. The molecule has 2 aliphatic heterocycles. The molecular weight excluding hydrogens is 405 g/mol.